The molecular weight excluding hydrogens is 574 g/mol. The number of benzene rings is 1. The number of fused-ring (bicyclic) bond motifs is 2. The number of oxazole rings is 1. The van der Waals surface area contributed by atoms with E-state index in [0.717, 1.165) is 23.0 Å². The van der Waals surface area contributed by atoms with Gasteiger partial charge in [-0.05, 0) is 57.1 Å². The van der Waals surface area contributed by atoms with Gasteiger partial charge in [0, 0.05) is 18.4 Å². The third kappa shape index (κ3) is 4.92. The summed E-state index contributed by atoms with van der Waals surface area (Å²) in [4.78, 5) is 57.7. The molecule has 1 aromatic carbocycles. The molecule has 3 aromatic heterocycles. The van der Waals surface area contributed by atoms with E-state index in [0.29, 0.717) is 45.5 Å². The Hall–Kier alpha value is -4.03. The van der Waals surface area contributed by atoms with E-state index in [9.17, 15) is 24.3 Å². The molecule has 12 heteroatoms. The predicted octanol–water partition coefficient (Wildman–Crippen LogP) is 4.53. The minimum absolute atomic E-state index is 0.0125. The van der Waals surface area contributed by atoms with Crippen molar-refractivity contribution in [2.24, 2.45) is 11.8 Å². The van der Waals surface area contributed by atoms with E-state index < -0.39 is 28.9 Å². The topological polar surface area (TPSA) is 143 Å². The number of carboxylic acids is 1. The lowest BCUT2D eigenvalue weighted by Gasteiger charge is -2.27. The summed E-state index contributed by atoms with van der Waals surface area (Å²) in [5, 5.41) is 10.3. The number of aryl methyl sites for hydroxylation is 1. The lowest BCUT2D eigenvalue weighted by atomic mass is 10.0. The number of aliphatic carboxylic acids is 1. The van der Waals surface area contributed by atoms with E-state index in [-0.39, 0.29) is 29.9 Å². The first-order valence-electron chi connectivity index (χ1n) is 14.2. The van der Waals surface area contributed by atoms with Crippen molar-refractivity contribution in [3.05, 3.63) is 68.7 Å². The first-order valence-corrected chi connectivity index (χ1v) is 15.1. The van der Waals surface area contributed by atoms with E-state index >= 15 is 0 Å². The molecule has 0 saturated heterocycles. The first kappa shape index (κ1) is 29.1. The molecule has 2 aliphatic carbocycles. The van der Waals surface area contributed by atoms with Gasteiger partial charge in [-0.1, -0.05) is 18.2 Å². The molecule has 0 aliphatic heterocycles. The van der Waals surface area contributed by atoms with Crippen LogP contribution in [0.3, 0.4) is 0 Å². The third-order valence-corrected chi connectivity index (χ3v) is 10.2. The van der Waals surface area contributed by atoms with Gasteiger partial charge in [-0.2, -0.15) is 0 Å². The number of carbonyl (C=O) groups is 2. The molecule has 3 heterocycles. The van der Waals surface area contributed by atoms with Gasteiger partial charge in [-0.3, -0.25) is 14.2 Å². The smallest absolute Gasteiger partial charge is 0.333 e. The summed E-state index contributed by atoms with van der Waals surface area (Å²) in [6, 6.07) is 7.39. The van der Waals surface area contributed by atoms with Crippen LogP contribution in [-0.2, 0) is 26.4 Å². The second-order valence-electron chi connectivity index (χ2n) is 11.9. The average Bonchev–Trinajstić information content (AvgIpc) is 3.74. The van der Waals surface area contributed by atoms with E-state index in [1.54, 1.807) is 14.0 Å². The van der Waals surface area contributed by atoms with Crippen molar-refractivity contribution < 1.29 is 28.6 Å². The van der Waals surface area contributed by atoms with Gasteiger partial charge < -0.3 is 19.0 Å². The maximum absolute atomic E-state index is 14.2. The molecule has 11 nitrogen and oxygen atoms in total. The van der Waals surface area contributed by atoms with Gasteiger partial charge in [0.25, 0.3) is 5.56 Å². The van der Waals surface area contributed by atoms with Gasteiger partial charge in [0.1, 0.15) is 34.3 Å². The van der Waals surface area contributed by atoms with Gasteiger partial charge in [-0.25, -0.2) is 19.1 Å². The predicted molar refractivity (Wildman–Crippen MR) is 159 cm³/mol. The fraction of sp³-hybridized carbons (Fsp3) is 0.452. The van der Waals surface area contributed by atoms with E-state index in [1.807, 2.05) is 24.3 Å². The second-order valence-corrected chi connectivity index (χ2v) is 12.9. The van der Waals surface area contributed by atoms with Crippen LogP contribution in [0.25, 0.3) is 21.0 Å². The van der Waals surface area contributed by atoms with Gasteiger partial charge in [-0.15, -0.1) is 11.3 Å². The van der Waals surface area contributed by atoms with Gasteiger partial charge in [0.15, 0.2) is 0 Å². The molecule has 43 heavy (non-hydrogen) atoms. The maximum atomic E-state index is 14.2. The molecule has 0 bridgehead atoms. The SMILES string of the molecule is COc1ccccc1C(Cn1c(=O)n(C(C)(C)C(=O)O)c(=O)c2c(C)c(-c3ncco3)sc21)O[C@H]1C[C@H]2CC(=O)C[C@H]2C1. The standard InChI is InChI=1S/C31H33N3O8S/c1-16-24-27(36)34(31(2,3)29(37)38)30(39)33(28(24)43-25(16)26-32-9-10-41-26)15-23(21-7-5-6-8-22(21)40-4)42-20-13-17-11-19(35)12-18(17)14-20/h5-10,17-18,20,23H,11-15H2,1-4H3,(H,37,38)/t17-,18+,20+,23?. The zero-order chi connectivity index (χ0) is 30.6. The number of ketones is 1. The molecule has 2 fully saturated rings. The van der Waals surface area contributed by atoms with Crippen LogP contribution in [0.5, 0.6) is 5.75 Å². The molecule has 0 radical (unpaired) electrons. The molecular formula is C31H33N3O8S. The van der Waals surface area contributed by atoms with Crippen molar-refractivity contribution in [3.8, 4) is 16.5 Å². The number of thiophene rings is 1. The van der Waals surface area contributed by atoms with Crippen molar-refractivity contribution in [3.63, 3.8) is 0 Å². The van der Waals surface area contributed by atoms with Gasteiger partial charge >= 0.3 is 11.7 Å². The van der Waals surface area contributed by atoms with Crippen LogP contribution in [0.4, 0.5) is 0 Å². The number of Topliss-reactive ketones (excluding diaryl/α,β-unsaturated/α-hetero) is 1. The Morgan fingerprint density at radius 3 is 2.51 bits per heavy atom. The summed E-state index contributed by atoms with van der Waals surface area (Å²) in [6.07, 6.45) is 4.72. The Morgan fingerprint density at radius 2 is 1.88 bits per heavy atom. The van der Waals surface area contributed by atoms with E-state index in [1.165, 1.54) is 42.2 Å². The van der Waals surface area contributed by atoms with Crippen LogP contribution in [0.2, 0.25) is 0 Å². The normalized spacial score (nSPS) is 20.9. The molecule has 4 aromatic rings. The van der Waals surface area contributed by atoms with Crippen molar-refractivity contribution >= 4 is 33.3 Å². The number of nitrogens with zero attached hydrogens (tertiary/aromatic N) is 3. The minimum atomic E-state index is -1.84. The molecule has 2 aliphatic rings. The second kappa shape index (κ2) is 10.9. The average molecular weight is 608 g/mol. The third-order valence-electron chi connectivity index (χ3n) is 8.89. The molecule has 0 spiro atoms. The maximum Gasteiger partial charge on any atom is 0.333 e. The van der Waals surface area contributed by atoms with Crippen molar-refractivity contribution in [2.45, 2.75) is 70.7 Å². The summed E-state index contributed by atoms with van der Waals surface area (Å²) in [5.74, 6) is 0.418. The van der Waals surface area contributed by atoms with E-state index in [4.69, 9.17) is 13.9 Å². The molecule has 4 atom stereocenters. The Kier molecular flexibility index (Phi) is 7.37. The molecule has 1 unspecified atom stereocenters. The van der Waals surface area contributed by atoms with Crippen molar-refractivity contribution in [2.75, 3.05) is 7.11 Å². The van der Waals surface area contributed by atoms with Crippen LogP contribution in [-0.4, -0.2) is 44.2 Å². The number of carboxylic acid groups (broad SMARTS) is 1. The highest BCUT2D eigenvalue weighted by molar-refractivity contribution is 7.22. The monoisotopic (exact) mass is 607 g/mol. The Bertz CT molecular complexity index is 1820. The van der Waals surface area contributed by atoms with E-state index in [2.05, 4.69) is 4.98 Å². The molecule has 1 N–H and O–H groups in total. The highest BCUT2D eigenvalue weighted by Gasteiger charge is 2.43. The molecule has 2 saturated carbocycles. The van der Waals surface area contributed by atoms with Crippen LogP contribution in [0.1, 0.15) is 56.8 Å². The summed E-state index contributed by atoms with van der Waals surface area (Å²) < 4.78 is 20.2. The van der Waals surface area contributed by atoms with Crippen molar-refractivity contribution in [1.29, 1.82) is 0 Å². The number of hydrogen-bond acceptors (Lipinski definition) is 9. The Morgan fingerprint density at radius 1 is 1.19 bits per heavy atom. The fourth-order valence-electron chi connectivity index (χ4n) is 6.62. The number of methoxy groups -OCH3 is 1. The zero-order valence-electron chi connectivity index (χ0n) is 24.4. The van der Waals surface area contributed by atoms with Crippen LogP contribution in [0.15, 0.2) is 50.7 Å². The number of carbonyl (C=O) groups excluding carboxylic acids is 1. The summed E-state index contributed by atoms with van der Waals surface area (Å²) in [6.45, 7) is 4.39. The first-order chi connectivity index (χ1) is 20.5. The summed E-state index contributed by atoms with van der Waals surface area (Å²) in [7, 11) is 1.56. The van der Waals surface area contributed by atoms with Crippen LogP contribution >= 0.6 is 11.3 Å². The minimum Gasteiger partial charge on any atom is -0.496 e. The molecule has 0 amide bonds. The number of aromatic nitrogens is 3. The largest absolute Gasteiger partial charge is 0.496 e. The van der Waals surface area contributed by atoms with Gasteiger partial charge in [0.2, 0.25) is 5.89 Å². The van der Waals surface area contributed by atoms with Gasteiger partial charge in [0.05, 0.1) is 36.2 Å². The van der Waals surface area contributed by atoms with Crippen LogP contribution in [0, 0.1) is 18.8 Å². The number of para-hydroxylation sites is 1. The highest BCUT2D eigenvalue weighted by Crippen LogP contribution is 2.45. The molecule has 6 rings (SSSR count). The van der Waals surface area contributed by atoms with Crippen LogP contribution < -0.4 is 16.0 Å². The quantitative estimate of drug-likeness (QED) is 0.290. The number of hydrogen-bond donors (Lipinski definition) is 1. The molecule has 226 valence electrons. The van der Waals surface area contributed by atoms with Crippen molar-refractivity contribution in [1.82, 2.24) is 14.1 Å². The lowest BCUT2D eigenvalue weighted by Crippen LogP contribution is -2.52. The summed E-state index contributed by atoms with van der Waals surface area (Å²) in [5.41, 5.74) is -2.03. The highest BCUT2D eigenvalue weighted by atomic mass is 32.1. The Labute approximate surface area is 250 Å². The number of ether oxygens (including phenoxy) is 2. The lowest BCUT2D eigenvalue weighted by molar-refractivity contribution is -0.146. The number of rotatable bonds is 9. The zero-order valence-corrected chi connectivity index (χ0v) is 25.2. The summed E-state index contributed by atoms with van der Waals surface area (Å²) >= 11 is 1.19. The Balaban J connectivity index is 1.53. The fourth-order valence-corrected chi connectivity index (χ4v) is 7.86.